The molecule has 0 spiro atoms. The Bertz CT molecular complexity index is 501. The number of hydrogen-bond acceptors (Lipinski definition) is 3. The Balaban J connectivity index is 2.41. The summed E-state index contributed by atoms with van der Waals surface area (Å²) in [6.45, 7) is 4.15. The zero-order valence-electron chi connectivity index (χ0n) is 9.81. The van der Waals surface area contributed by atoms with Crippen molar-refractivity contribution in [3.63, 3.8) is 0 Å². The van der Waals surface area contributed by atoms with Crippen LogP contribution in [0.1, 0.15) is 28.4 Å². The maximum Gasteiger partial charge on any atom is 0.0796 e. The van der Waals surface area contributed by atoms with E-state index in [0.29, 0.717) is 0 Å². The fraction of sp³-hybridized carbons (Fsp3) is 0.333. The lowest BCUT2D eigenvalue weighted by Crippen LogP contribution is -2.17. The number of hydrogen-bond donors (Lipinski definition) is 1. The van der Waals surface area contributed by atoms with Crippen molar-refractivity contribution in [2.24, 2.45) is 12.8 Å². The van der Waals surface area contributed by atoms with E-state index in [1.54, 1.807) is 10.9 Å². The maximum atomic E-state index is 6.21. The summed E-state index contributed by atoms with van der Waals surface area (Å²) in [5.74, 6) is 0. The highest BCUT2D eigenvalue weighted by Gasteiger charge is 2.14. The lowest BCUT2D eigenvalue weighted by Gasteiger charge is -2.14. The van der Waals surface area contributed by atoms with Crippen LogP contribution in [0, 0.1) is 13.8 Å². The Morgan fingerprint density at radius 3 is 2.62 bits per heavy atom. The minimum Gasteiger partial charge on any atom is -0.319 e. The van der Waals surface area contributed by atoms with Gasteiger partial charge in [0, 0.05) is 7.05 Å². The fourth-order valence-corrected chi connectivity index (χ4v) is 1.91. The molecular weight excluding hydrogens is 200 g/mol. The molecule has 0 aliphatic carbocycles. The van der Waals surface area contributed by atoms with Crippen molar-refractivity contribution in [3.05, 3.63) is 46.8 Å². The van der Waals surface area contributed by atoms with Gasteiger partial charge in [-0.2, -0.15) is 0 Å². The summed E-state index contributed by atoms with van der Waals surface area (Å²) in [6, 6.07) is 6.12. The Morgan fingerprint density at radius 2 is 2.06 bits per heavy atom. The third-order valence-corrected chi connectivity index (χ3v) is 2.83. The van der Waals surface area contributed by atoms with Crippen molar-refractivity contribution in [2.45, 2.75) is 19.9 Å². The minimum atomic E-state index is -0.166. The van der Waals surface area contributed by atoms with E-state index in [9.17, 15) is 0 Å². The molecule has 1 heterocycles. The van der Waals surface area contributed by atoms with Crippen molar-refractivity contribution in [1.82, 2.24) is 15.0 Å². The molecule has 4 heteroatoms. The SMILES string of the molecule is Cc1ccc(C(N)c2cnnn2C)c(C)c1. The number of nitrogens with two attached hydrogens (primary N) is 1. The summed E-state index contributed by atoms with van der Waals surface area (Å²) in [6.07, 6.45) is 1.71. The molecule has 84 valence electrons. The van der Waals surface area contributed by atoms with Crippen LogP contribution in [0.5, 0.6) is 0 Å². The van der Waals surface area contributed by atoms with Gasteiger partial charge in [0.25, 0.3) is 0 Å². The average molecular weight is 216 g/mol. The highest BCUT2D eigenvalue weighted by atomic mass is 15.4. The smallest absolute Gasteiger partial charge is 0.0796 e. The Hall–Kier alpha value is -1.68. The predicted molar refractivity (Wildman–Crippen MR) is 62.9 cm³/mol. The Kier molecular flexibility index (Phi) is 2.75. The van der Waals surface area contributed by atoms with Crippen molar-refractivity contribution < 1.29 is 0 Å². The van der Waals surface area contributed by atoms with E-state index in [4.69, 9.17) is 5.73 Å². The van der Waals surface area contributed by atoms with Crippen molar-refractivity contribution >= 4 is 0 Å². The fourth-order valence-electron chi connectivity index (χ4n) is 1.91. The first-order chi connectivity index (χ1) is 7.59. The van der Waals surface area contributed by atoms with Crippen LogP contribution in [0.15, 0.2) is 24.4 Å². The molecule has 2 aromatic rings. The zero-order valence-corrected chi connectivity index (χ0v) is 9.81. The van der Waals surface area contributed by atoms with Crippen LogP contribution in [0.3, 0.4) is 0 Å². The first-order valence-electron chi connectivity index (χ1n) is 5.27. The second kappa shape index (κ2) is 4.06. The Labute approximate surface area is 95.1 Å². The number of benzene rings is 1. The summed E-state index contributed by atoms with van der Waals surface area (Å²) in [5.41, 5.74) is 10.7. The van der Waals surface area contributed by atoms with Crippen LogP contribution in [0.25, 0.3) is 0 Å². The van der Waals surface area contributed by atoms with E-state index in [2.05, 4.69) is 42.4 Å². The normalized spacial score (nSPS) is 12.8. The van der Waals surface area contributed by atoms with Gasteiger partial charge in [0.15, 0.2) is 0 Å². The maximum absolute atomic E-state index is 6.21. The number of rotatable bonds is 2. The van der Waals surface area contributed by atoms with Crippen LogP contribution < -0.4 is 5.73 Å². The van der Waals surface area contributed by atoms with E-state index >= 15 is 0 Å². The molecule has 0 saturated heterocycles. The quantitative estimate of drug-likeness (QED) is 0.827. The van der Waals surface area contributed by atoms with Gasteiger partial charge in [0.1, 0.15) is 0 Å². The second-order valence-corrected chi connectivity index (χ2v) is 4.12. The van der Waals surface area contributed by atoms with Gasteiger partial charge < -0.3 is 5.73 Å². The van der Waals surface area contributed by atoms with Gasteiger partial charge in [0.2, 0.25) is 0 Å². The minimum absolute atomic E-state index is 0.166. The molecule has 1 aromatic heterocycles. The highest BCUT2D eigenvalue weighted by Crippen LogP contribution is 2.22. The topological polar surface area (TPSA) is 56.7 Å². The number of aromatic nitrogens is 3. The highest BCUT2D eigenvalue weighted by molar-refractivity contribution is 5.36. The third-order valence-electron chi connectivity index (χ3n) is 2.83. The standard InChI is InChI=1S/C12H16N4/c1-8-4-5-10(9(2)6-8)12(13)11-7-14-15-16(11)3/h4-7,12H,13H2,1-3H3. The average Bonchev–Trinajstić information content (AvgIpc) is 2.63. The first kappa shape index (κ1) is 10.8. The summed E-state index contributed by atoms with van der Waals surface area (Å²) in [4.78, 5) is 0. The molecule has 0 aliphatic rings. The first-order valence-corrected chi connectivity index (χ1v) is 5.27. The summed E-state index contributed by atoms with van der Waals surface area (Å²) >= 11 is 0. The molecule has 4 nitrogen and oxygen atoms in total. The van der Waals surface area contributed by atoms with E-state index in [-0.39, 0.29) is 6.04 Å². The van der Waals surface area contributed by atoms with Gasteiger partial charge >= 0.3 is 0 Å². The molecular formula is C12H16N4. The number of aryl methyl sites for hydroxylation is 3. The molecule has 1 unspecified atom stereocenters. The van der Waals surface area contributed by atoms with Crippen molar-refractivity contribution in [3.8, 4) is 0 Å². The summed E-state index contributed by atoms with van der Waals surface area (Å²) in [7, 11) is 1.85. The molecule has 0 bridgehead atoms. The third kappa shape index (κ3) is 1.84. The molecule has 1 aromatic carbocycles. The molecule has 1 atom stereocenters. The van der Waals surface area contributed by atoms with Crippen molar-refractivity contribution in [1.29, 1.82) is 0 Å². The van der Waals surface area contributed by atoms with Crippen LogP contribution in [0.4, 0.5) is 0 Å². The van der Waals surface area contributed by atoms with E-state index in [1.165, 1.54) is 11.1 Å². The van der Waals surface area contributed by atoms with Crippen molar-refractivity contribution in [2.75, 3.05) is 0 Å². The summed E-state index contributed by atoms with van der Waals surface area (Å²) in [5, 5.41) is 7.75. The lowest BCUT2D eigenvalue weighted by atomic mass is 9.98. The molecule has 0 saturated carbocycles. The van der Waals surface area contributed by atoms with E-state index in [1.807, 2.05) is 7.05 Å². The summed E-state index contributed by atoms with van der Waals surface area (Å²) < 4.78 is 1.71. The van der Waals surface area contributed by atoms with Gasteiger partial charge in [-0.3, -0.25) is 4.68 Å². The van der Waals surface area contributed by atoms with Gasteiger partial charge in [-0.1, -0.05) is 29.0 Å². The van der Waals surface area contributed by atoms with Crippen LogP contribution >= 0.6 is 0 Å². The van der Waals surface area contributed by atoms with Crippen LogP contribution in [-0.4, -0.2) is 15.0 Å². The molecule has 0 aliphatic heterocycles. The van der Waals surface area contributed by atoms with Gasteiger partial charge in [0.05, 0.1) is 17.9 Å². The molecule has 2 rings (SSSR count). The van der Waals surface area contributed by atoms with Gasteiger partial charge in [-0.05, 0) is 25.0 Å². The zero-order chi connectivity index (χ0) is 11.7. The monoisotopic (exact) mass is 216 g/mol. The number of nitrogens with zero attached hydrogens (tertiary/aromatic N) is 3. The molecule has 0 fully saturated rings. The van der Waals surface area contributed by atoms with E-state index < -0.39 is 0 Å². The molecule has 0 radical (unpaired) electrons. The Morgan fingerprint density at radius 1 is 1.31 bits per heavy atom. The van der Waals surface area contributed by atoms with E-state index in [0.717, 1.165) is 11.3 Å². The van der Waals surface area contributed by atoms with Crippen LogP contribution in [0.2, 0.25) is 0 Å². The second-order valence-electron chi connectivity index (χ2n) is 4.12. The lowest BCUT2D eigenvalue weighted by molar-refractivity contribution is 0.650. The largest absolute Gasteiger partial charge is 0.319 e. The van der Waals surface area contributed by atoms with Crippen LogP contribution in [-0.2, 0) is 7.05 Å². The predicted octanol–water partition coefficient (Wildman–Crippen LogP) is 1.48. The molecule has 16 heavy (non-hydrogen) atoms. The molecule has 2 N–H and O–H groups in total. The molecule has 0 amide bonds. The van der Waals surface area contributed by atoms with Gasteiger partial charge in [-0.25, -0.2) is 0 Å². The van der Waals surface area contributed by atoms with Gasteiger partial charge in [-0.15, -0.1) is 5.10 Å².